The highest BCUT2D eigenvalue weighted by molar-refractivity contribution is 5.99. The van der Waals surface area contributed by atoms with Gasteiger partial charge in [-0.05, 0) is 37.1 Å². The third-order valence-electron chi connectivity index (χ3n) is 4.96. The maximum Gasteiger partial charge on any atom is 0.335 e. The lowest BCUT2D eigenvalue weighted by Crippen LogP contribution is -2.06. The lowest BCUT2D eigenvalue weighted by molar-refractivity contribution is 0.0696. The highest BCUT2D eigenvalue weighted by Gasteiger charge is 2.18. The van der Waals surface area contributed by atoms with E-state index in [1.165, 1.54) is 19.2 Å². The predicted molar refractivity (Wildman–Crippen MR) is 115 cm³/mol. The molecule has 0 bridgehead atoms. The van der Waals surface area contributed by atoms with Crippen molar-refractivity contribution in [3.8, 4) is 17.2 Å². The van der Waals surface area contributed by atoms with Crippen LogP contribution >= 0.6 is 0 Å². The third kappa shape index (κ3) is 5.75. The maximum atomic E-state index is 12.5. The number of ether oxygens (including phenoxy) is 2. The monoisotopic (exact) mass is 414 g/mol. The number of Topliss-reactive ketones (excluding diaryl/α,β-unsaturated/α-hetero) is 1. The van der Waals surface area contributed by atoms with Gasteiger partial charge in [0.2, 0.25) is 0 Å². The van der Waals surface area contributed by atoms with E-state index < -0.39 is 5.97 Å². The molecule has 0 aliphatic rings. The Morgan fingerprint density at radius 3 is 2.40 bits per heavy atom. The first-order valence-corrected chi connectivity index (χ1v) is 10.3. The number of ketones is 1. The molecule has 6 nitrogen and oxygen atoms in total. The normalized spacial score (nSPS) is 10.6. The second-order valence-electron chi connectivity index (χ2n) is 7.19. The Morgan fingerprint density at radius 2 is 1.77 bits per heavy atom. The van der Waals surface area contributed by atoms with Gasteiger partial charge >= 0.3 is 5.97 Å². The summed E-state index contributed by atoms with van der Waals surface area (Å²) in [6.45, 7) is 4.22. The minimum Gasteiger partial charge on any atom is -0.507 e. The summed E-state index contributed by atoms with van der Waals surface area (Å²) in [5, 5.41) is 19.9. The Morgan fingerprint density at radius 1 is 1.00 bits per heavy atom. The number of phenolic OH excluding ortho intramolecular Hbond substituents is 1. The first-order chi connectivity index (χ1) is 14.4. The second-order valence-corrected chi connectivity index (χ2v) is 7.19. The van der Waals surface area contributed by atoms with Crippen LogP contribution in [0.5, 0.6) is 17.2 Å². The Kier molecular flexibility index (Phi) is 8.71. The van der Waals surface area contributed by atoms with Crippen molar-refractivity contribution >= 4 is 11.8 Å². The number of aromatic carboxylic acids is 1. The molecule has 0 radical (unpaired) electrons. The van der Waals surface area contributed by atoms with Gasteiger partial charge in [-0.1, -0.05) is 39.2 Å². The largest absolute Gasteiger partial charge is 0.507 e. The Labute approximate surface area is 177 Å². The van der Waals surface area contributed by atoms with Gasteiger partial charge in [0, 0.05) is 17.5 Å². The topological polar surface area (TPSA) is 93.1 Å². The average Bonchev–Trinajstić information content (AvgIpc) is 2.74. The fraction of sp³-hybridized carbons (Fsp3) is 0.417. The van der Waals surface area contributed by atoms with Gasteiger partial charge in [-0.3, -0.25) is 4.79 Å². The zero-order valence-corrected chi connectivity index (χ0v) is 17.9. The van der Waals surface area contributed by atoms with Crippen molar-refractivity contribution in [1.82, 2.24) is 0 Å². The summed E-state index contributed by atoms with van der Waals surface area (Å²) in [5.74, 6) is -0.183. The van der Waals surface area contributed by atoms with Gasteiger partial charge < -0.3 is 19.7 Å². The molecule has 30 heavy (non-hydrogen) atoms. The summed E-state index contributed by atoms with van der Waals surface area (Å²) in [7, 11) is 1.47. The van der Waals surface area contributed by atoms with Gasteiger partial charge in [-0.2, -0.15) is 0 Å². The van der Waals surface area contributed by atoms with E-state index in [0.29, 0.717) is 41.0 Å². The van der Waals surface area contributed by atoms with Crippen molar-refractivity contribution in [3.63, 3.8) is 0 Å². The van der Waals surface area contributed by atoms with Crippen molar-refractivity contribution in [2.24, 2.45) is 0 Å². The number of benzene rings is 2. The molecule has 0 aliphatic carbocycles. The van der Waals surface area contributed by atoms with Crippen LogP contribution in [0.15, 0.2) is 30.3 Å². The summed E-state index contributed by atoms with van der Waals surface area (Å²) >= 11 is 0. The fourth-order valence-corrected chi connectivity index (χ4v) is 3.29. The quantitative estimate of drug-likeness (QED) is 0.357. The number of rotatable bonds is 12. The first kappa shape index (κ1) is 23.3. The van der Waals surface area contributed by atoms with Crippen LogP contribution in [0, 0.1) is 0 Å². The molecule has 0 unspecified atom stereocenters. The van der Waals surface area contributed by atoms with Crippen LogP contribution in [-0.4, -0.2) is 29.1 Å². The van der Waals surface area contributed by atoms with Crippen LogP contribution in [0.25, 0.3) is 0 Å². The molecule has 6 heteroatoms. The molecule has 2 rings (SSSR count). The second kappa shape index (κ2) is 11.2. The lowest BCUT2D eigenvalue weighted by atomic mass is 9.98. The molecule has 2 aromatic rings. The molecule has 0 aromatic heterocycles. The lowest BCUT2D eigenvalue weighted by Gasteiger charge is -2.16. The van der Waals surface area contributed by atoms with E-state index in [9.17, 15) is 14.7 Å². The van der Waals surface area contributed by atoms with Gasteiger partial charge in [-0.25, -0.2) is 4.79 Å². The van der Waals surface area contributed by atoms with Gasteiger partial charge in [-0.15, -0.1) is 0 Å². The number of carboxylic acids is 1. The molecule has 0 heterocycles. The van der Waals surface area contributed by atoms with Crippen LogP contribution < -0.4 is 9.47 Å². The summed E-state index contributed by atoms with van der Waals surface area (Å²) < 4.78 is 11.2. The Balaban J connectivity index is 2.24. The molecule has 2 aromatic carbocycles. The molecule has 0 fully saturated rings. The number of carbonyl (C=O) groups is 2. The molecule has 0 aliphatic heterocycles. The number of unbranched alkanes of at least 4 members (excludes halogenated alkanes) is 2. The van der Waals surface area contributed by atoms with Crippen LogP contribution in [0.2, 0.25) is 0 Å². The van der Waals surface area contributed by atoms with E-state index in [1.807, 2.05) is 6.92 Å². The number of hydrogen-bond acceptors (Lipinski definition) is 5. The molecule has 0 saturated carbocycles. The number of hydrogen-bond donors (Lipinski definition) is 2. The van der Waals surface area contributed by atoms with Crippen molar-refractivity contribution in [3.05, 3.63) is 52.6 Å². The minimum absolute atomic E-state index is 0.0101. The molecule has 162 valence electrons. The Bertz CT molecular complexity index is 888. The number of carboxylic acid groups (broad SMARTS) is 1. The molecular formula is C24H30O6. The standard InChI is InChI=1S/C24H30O6/c1-4-6-7-9-20(25)18-12-13-21(19(8-5-2)23(18)26)30-15-17-11-10-16(24(27)28)14-22(17)29-3/h10-14,26H,4-9,15H2,1-3H3,(H,27,28). The van der Waals surface area contributed by atoms with E-state index >= 15 is 0 Å². The summed E-state index contributed by atoms with van der Waals surface area (Å²) in [5.41, 5.74) is 1.76. The van der Waals surface area contributed by atoms with Crippen LogP contribution in [0.3, 0.4) is 0 Å². The third-order valence-corrected chi connectivity index (χ3v) is 4.96. The van der Waals surface area contributed by atoms with Crippen molar-refractivity contribution in [2.75, 3.05) is 7.11 Å². The maximum absolute atomic E-state index is 12.5. The number of aromatic hydroxyl groups is 1. The predicted octanol–water partition coefficient (Wildman–Crippen LogP) is 5.39. The van der Waals surface area contributed by atoms with E-state index in [2.05, 4.69) is 6.92 Å². The SMILES string of the molecule is CCCCCC(=O)c1ccc(OCc2ccc(C(=O)O)cc2OC)c(CCC)c1O. The van der Waals surface area contributed by atoms with Crippen molar-refractivity contribution in [1.29, 1.82) is 0 Å². The molecular weight excluding hydrogens is 384 g/mol. The van der Waals surface area contributed by atoms with Gasteiger partial charge in [0.25, 0.3) is 0 Å². The van der Waals surface area contributed by atoms with E-state index in [-0.39, 0.29) is 23.7 Å². The molecule has 2 N–H and O–H groups in total. The zero-order chi connectivity index (χ0) is 22.1. The summed E-state index contributed by atoms with van der Waals surface area (Å²) in [4.78, 5) is 23.6. The van der Waals surface area contributed by atoms with Gasteiger partial charge in [0.05, 0.1) is 18.2 Å². The van der Waals surface area contributed by atoms with Gasteiger partial charge in [0.15, 0.2) is 5.78 Å². The summed E-state index contributed by atoms with van der Waals surface area (Å²) in [6, 6.07) is 7.92. The first-order valence-electron chi connectivity index (χ1n) is 10.3. The van der Waals surface area contributed by atoms with Gasteiger partial charge in [0.1, 0.15) is 23.9 Å². The molecule has 0 atom stereocenters. The smallest absolute Gasteiger partial charge is 0.335 e. The highest BCUT2D eigenvalue weighted by atomic mass is 16.5. The van der Waals surface area contributed by atoms with Crippen LogP contribution in [-0.2, 0) is 13.0 Å². The molecule has 0 spiro atoms. The van der Waals surface area contributed by atoms with Crippen LogP contribution in [0.4, 0.5) is 0 Å². The Hall–Kier alpha value is -3.02. The number of carbonyl (C=O) groups excluding carboxylic acids is 1. The van der Waals surface area contributed by atoms with Crippen molar-refractivity contribution in [2.45, 2.75) is 59.0 Å². The van der Waals surface area contributed by atoms with Crippen molar-refractivity contribution < 1.29 is 29.3 Å². The van der Waals surface area contributed by atoms with E-state index in [4.69, 9.17) is 14.6 Å². The number of phenols is 1. The van der Waals surface area contributed by atoms with Crippen LogP contribution in [0.1, 0.15) is 77.8 Å². The van der Waals surface area contributed by atoms with E-state index in [0.717, 1.165) is 25.7 Å². The number of methoxy groups -OCH3 is 1. The fourth-order valence-electron chi connectivity index (χ4n) is 3.29. The van der Waals surface area contributed by atoms with E-state index in [1.54, 1.807) is 18.2 Å². The molecule has 0 amide bonds. The summed E-state index contributed by atoms with van der Waals surface area (Å²) in [6.07, 6.45) is 4.60. The molecule has 0 saturated heterocycles. The minimum atomic E-state index is -1.03. The highest BCUT2D eigenvalue weighted by Crippen LogP contribution is 2.34. The average molecular weight is 414 g/mol. The zero-order valence-electron chi connectivity index (χ0n) is 17.9.